The molecule has 7 atom stereocenters. The van der Waals surface area contributed by atoms with Gasteiger partial charge >= 0.3 is 18.5 Å². The van der Waals surface area contributed by atoms with Crippen molar-refractivity contribution in [2.75, 3.05) is 0 Å². The second-order valence-corrected chi connectivity index (χ2v) is 7.49. The fourth-order valence-electron chi connectivity index (χ4n) is 6.53. The standard InChI is InChI=1S/C15H13F9/c16-13(17,18)11-7-4-8(10-6-2-1-5(3-6)9(7)10)12(11,14(19,20)21)15(22,23)24/h1-2,5-11H,3-4H2. The molecule has 0 radical (unpaired) electrons. The SMILES string of the molecule is FC(F)(F)C1C2CC(C3C4C=CC(C4)C23)C1(C(F)(F)F)C(F)(F)F. The Morgan fingerprint density at radius 2 is 1.21 bits per heavy atom. The van der Waals surface area contributed by atoms with Gasteiger partial charge in [-0.1, -0.05) is 12.2 Å². The summed E-state index contributed by atoms with van der Waals surface area (Å²) in [6.45, 7) is 0. The van der Waals surface area contributed by atoms with Gasteiger partial charge in [0.05, 0.1) is 5.92 Å². The van der Waals surface area contributed by atoms with Crippen molar-refractivity contribution in [3.8, 4) is 0 Å². The van der Waals surface area contributed by atoms with Gasteiger partial charge in [-0.2, -0.15) is 39.5 Å². The van der Waals surface area contributed by atoms with Crippen LogP contribution in [-0.2, 0) is 0 Å². The minimum atomic E-state index is -5.98. The molecule has 0 amide bonds. The molecule has 4 aliphatic rings. The average molecular weight is 364 g/mol. The van der Waals surface area contributed by atoms with Crippen LogP contribution in [-0.4, -0.2) is 18.5 Å². The third-order valence-corrected chi connectivity index (χ3v) is 6.86. The summed E-state index contributed by atoms with van der Waals surface area (Å²) in [6.07, 6.45) is -14.5. The quantitative estimate of drug-likeness (QED) is 0.308. The van der Waals surface area contributed by atoms with E-state index in [2.05, 4.69) is 0 Å². The van der Waals surface area contributed by atoms with Gasteiger partial charge in [0.2, 0.25) is 0 Å². The first-order valence-electron chi connectivity index (χ1n) is 7.70. The van der Waals surface area contributed by atoms with Crippen LogP contribution in [0.3, 0.4) is 0 Å². The van der Waals surface area contributed by atoms with Crippen molar-refractivity contribution < 1.29 is 39.5 Å². The molecule has 0 aromatic carbocycles. The summed E-state index contributed by atoms with van der Waals surface area (Å²) >= 11 is 0. The van der Waals surface area contributed by atoms with Crippen molar-refractivity contribution in [2.45, 2.75) is 31.4 Å². The second-order valence-electron chi connectivity index (χ2n) is 7.49. The van der Waals surface area contributed by atoms with E-state index in [1.165, 1.54) is 0 Å². The number of fused-ring (bicyclic) bond motifs is 9. The van der Waals surface area contributed by atoms with Crippen LogP contribution in [0.2, 0.25) is 0 Å². The Morgan fingerprint density at radius 1 is 0.708 bits per heavy atom. The fraction of sp³-hybridized carbons (Fsp3) is 0.867. The van der Waals surface area contributed by atoms with E-state index in [-0.39, 0.29) is 5.92 Å². The number of rotatable bonds is 0. The Balaban J connectivity index is 1.93. The highest BCUT2D eigenvalue weighted by atomic mass is 19.4. The van der Waals surface area contributed by atoms with Crippen LogP contribution in [0.1, 0.15) is 12.8 Å². The maximum absolute atomic E-state index is 13.6. The van der Waals surface area contributed by atoms with Crippen molar-refractivity contribution in [1.29, 1.82) is 0 Å². The molecule has 4 aliphatic carbocycles. The van der Waals surface area contributed by atoms with Gasteiger partial charge in [0.15, 0.2) is 5.41 Å². The summed E-state index contributed by atoms with van der Waals surface area (Å²) in [5, 5.41) is 0. The third-order valence-electron chi connectivity index (χ3n) is 6.86. The molecule has 7 unspecified atom stereocenters. The smallest absolute Gasteiger partial charge is 0.171 e. The van der Waals surface area contributed by atoms with E-state index in [9.17, 15) is 39.5 Å². The molecule has 0 aromatic rings. The van der Waals surface area contributed by atoms with E-state index < -0.39 is 65.9 Å². The van der Waals surface area contributed by atoms with Crippen LogP contribution in [0, 0.1) is 46.8 Å². The van der Waals surface area contributed by atoms with Crippen molar-refractivity contribution >= 4 is 0 Å². The van der Waals surface area contributed by atoms with Gasteiger partial charge in [0.1, 0.15) is 0 Å². The van der Waals surface area contributed by atoms with Crippen molar-refractivity contribution in [1.82, 2.24) is 0 Å². The lowest BCUT2D eigenvalue weighted by atomic mass is 9.56. The third kappa shape index (κ3) is 1.64. The van der Waals surface area contributed by atoms with Gasteiger partial charge in [-0.15, -0.1) is 0 Å². The first-order chi connectivity index (χ1) is 10.8. The highest BCUT2D eigenvalue weighted by Gasteiger charge is 2.89. The van der Waals surface area contributed by atoms with Gasteiger partial charge in [0.25, 0.3) is 0 Å². The molecule has 0 aliphatic heterocycles. The predicted molar refractivity (Wildman–Crippen MR) is 63.4 cm³/mol. The monoisotopic (exact) mass is 364 g/mol. The first kappa shape index (κ1) is 16.6. The molecule has 0 heterocycles. The molecular formula is C15H13F9. The van der Waals surface area contributed by atoms with Gasteiger partial charge in [0, 0.05) is 0 Å². The number of alkyl halides is 9. The summed E-state index contributed by atoms with van der Waals surface area (Å²) in [5.74, 6) is -9.50. The summed E-state index contributed by atoms with van der Waals surface area (Å²) in [4.78, 5) is 0. The van der Waals surface area contributed by atoms with E-state index >= 15 is 0 Å². The van der Waals surface area contributed by atoms with Gasteiger partial charge < -0.3 is 0 Å². The van der Waals surface area contributed by atoms with Crippen LogP contribution < -0.4 is 0 Å². The Bertz CT molecular complexity index is 567. The Hall–Kier alpha value is -0.890. The number of allylic oxidation sites excluding steroid dienone is 2. The van der Waals surface area contributed by atoms with E-state index in [0.29, 0.717) is 6.42 Å². The minimum absolute atomic E-state index is 0.320. The molecule has 0 spiro atoms. The van der Waals surface area contributed by atoms with Crippen LogP contribution >= 0.6 is 0 Å². The highest BCUT2D eigenvalue weighted by Crippen LogP contribution is 2.80. The molecule has 3 fully saturated rings. The van der Waals surface area contributed by atoms with E-state index in [0.717, 1.165) is 0 Å². The zero-order valence-corrected chi connectivity index (χ0v) is 12.0. The number of hydrogen-bond acceptors (Lipinski definition) is 0. The number of halogens is 9. The zero-order valence-electron chi connectivity index (χ0n) is 12.0. The summed E-state index contributed by atoms with van der Waals surface area (Å²) < 4.78 is 122. The van der Waals surface area contributed by atoms with Crippen molar-refractivity contribution in [3.63, 3.8) is 0 Å². The highest BCUT2D eigenvalue weighted by molar-refractivity contribution is 5.27. The normalized spacial score (nSPS) is 46.0. The lowest BCUT2D eigenvalue weighted by Crippen LogP contribution is -2.64. The Morgan fingerprint density at radius 3 is 1.67 bits per heavy atom. The Labute approximate surface area is 131 Å². The maximum atomic E-state index is 13.6. The van der Waals surface area contributed by atoms with E-state index in [1.54, 1.807) is 12.2 Å². The molecule has 0 N–H and O–H groups in total. The largest absolute Gasteiger partial charge is 0.404 e. The fourth-order valence-corrected chi connectivity index (χ4v) is 6.53. The summed E-state index contributed by atoms with van der Waals surface area (Å²) in [7, 11) is 0. The molecule has 3 saturated carbocycles. The van der Waals surface area contributed by atoms with Crippen molar-refractivity contribution in [2.24, 2.45) is 46.8 Å². The molecule has 0 nitrogen and oxygen atoms in total. The maximum Gasteiger partial charge on any atom is 0.404 e. The van der Waals surface area contributed by atoms with Crippen LogP contribution in [0.25, 0.3) is 0 Å². The molecule has 4 rings (SSSR count). The molecule has 24 heavy (non-hydrogen) atoms. The molecule has 0 saturated heterocycles. The van der Waals surface area contributed by atoms with E-state index in [4.69, 9.17) is 0 Å². The average Bonchev–Trinajstić information content (AvgIpc) is 3.11. The summed E-state index contributed by atoms with van der Waals surface area (Å²) in [6, 6.07) is 0. The lowest BCUT2D eigenvalue weighted by molar-refractivity contribution is -0.408. The molecule has 136 valence electrons. The van der Waals surface area contributed by atoms with E-state index in [1.807, 2.05) is 0 Å². The molecular weight excluding hydrogens is 351 g/mol. The topological polar surface area (TPSA) is 0 Å². The van der Waals surface area contributed by atoms with Crippen LogP contribution in [0.5, 0.6) is 0 Å². The van der Waals surface area contributed by atoms with Gasteiger partial charge in [-0.05, 0) is 48.3 Å². The van der Waals surface area contributed by atoms with Gasteiger partial charge in [-0.3, -0.25) is 0 Å². The van der Waals surface area contributed by atoms with Crippen LogP contribution in [0.15, 0.2) is 12.2 Å². The van der Waals surface area contributed by atoms with Crippen LogP contribution in [0.4, 0.5) is 39.5 Å². The van der Waals surface area contributed by atoms with Crippen molar-refractivity contribution in [3.05, 3.63) is 12.2 Å². The van der Waals surface area contributed by atoms with Gasteiger partial charge in [-0.25, -0.2) is 0 Å². The lowest BCUT2D eigenvalue weighted by Gasteiger charge is -2.51. The first-order valence-corrected chi connectivity index (χ1v) is 7.70. The summed E-state index contributed by atoms with van der Waals surface area (Å²) in [5.41, 5.74) is -4.68. The molecule has 4 bridgehead atoms. The molecule has 0 aromatic heterocycles. The zero-order chi connectivity index (χ0) is 17.9. The minimum Gasteiger partial charge on any atom is -0.171 e. The number of hydrogen-bond donors (Lipinski definition) is 0. The molecule has 9 heteroatoms. The second kappa shape index (κ2) is 4.26. The predicted octanol–water partition coefficient (Wildman–Crippen LogP) is 5.36. The Kier molecular flexibility index (Phi) is 2.94.